The molecule has 2 nitrogen and oxygen atoms in total. The molecule has 0 bridgehead atoms. The number of aromatic hydroxyl groups is 2. The first kappa shape index (κ1) is 24.3. The van der Waals surface area contributed by atoms with Crippen molar-refractivity contribution in [2.75, 3.05) is 0 Å². The van der Waals surface area contributed by atoms with Crippen LogP contribution in [0.3, 0.4) is 0 Å². The summed E-state index contributed by atoms with van der Waals surface area (Å²) in [6.45, 7) is 8.86. The van der Waals surface area contributed by atoms with Crippen molar-refractivity contribution in [3.8, 4) is 22.6 Å². The summed E-state index contributed by atoms with van der Waals surface area (Å²) in [5.41, 5.74) is 7.41. The number of phenolic OH excluding ortho intramolecular Hbond substituents is 2. The maximum atomic E-state index is 10.7. The molecule has 2 N–H and O–H groups in total. The molecule has 0 radical (unpaired) electrons. The molecule has 0 saturated carbocycles. The smallest absolute Gasteiger partial charge is 0.119 e. The molecule has 2 aromatic carbocycles. The minimum Gasteiger partial charge on any atom is -0.508 e. The predicted molar refractivity (Wildman–Crippen MR) is 130 cm³/mol. The van der Waals surface area contributed by atoms with Gasteiger partial charge in [-0.15, -0.1) is 0 Å². The van der Waals surface area contributed by atoms with E-state index in [2.05, 4.69) is 39.8 Å². The van der Waals surface area contributed by atoms with Crippen LogP contribution in [0.1, 0.15) is 101 Å². The van der Waals surface area contributed by atoms with Crippen molar-refractivity contribution < 1.29 is 10.2 Å². The fourth-order valence-electron chi connectivity index (χ4n) is 4.41. The number of hydrogen-bond acceptors (Lipinski definition) is 2. The van der Waals surface area contributed by atoms with Crippen LogP contribution >= 0.6 is 0 Å². The molecule has 0 atom stereocenters. The highest BCUT2D eigenvalue weighted by Crippen LogP contribution is 2.39. The van der Waals surface area contributed by atoms with Crippen molar-refractivity contribution in [2.24, 2.45) is 0 Å². The molecule has 0 unspecified atom stereocenters. The van der Waals surface area contributed by atoms with E-state index >= 15 is 0 Å². The third kappa shape index (κ3) is 6.03. The first-order valence-electron chi connectivity index (χ1n) is 12.3. The highest BCUT2D eigenvalue weighted by atomic mass is 16.3. The Morgan fingerprint density at radius 3 is 1.07 bits per heavy atom. The van der Waals surface area contributed by atoms with Crippen LogP contribution in [0.15, 0.2) is 24.3 Å². The Morgan fingerprint density at radius 1 is 0.467 bits per heavy atom. The van der Waals surface area contributed by atoms with Crippen LogP contribution in [-0.2, 0) is 25.7 Å². The van der Waals surface area contributed by atoms with E-state index in [-0.39, 0.29) is 0 Å². The number of rotatable bonds is 13. The largest absolute Gasteiger partial charge is 0.508 e. The van der Waals surface area contributed by atoms with Gasteiger partial charge in [-0.3, -0.25) is 0 Å². The molecule has 2 aromatic rings. The summed E-state index contributed by atoms with van der Waals surface area (Å²) in [7, 11) is 0. The van der Waals surface area contributed by atoms with E-state index in [0.29, 0.717) is 11.5 Å². The molecule has 0 saturated heterocycles. The summed E-state index contributed by atoms with van der Waals surface area (Å²) in [6.07, 6.45) is 12.8. The molecule has 0 fully saturated rings. The average molecular weight is 411 g/mol. The summed E-state index contributed by atoms with van der Waals surface area (Å²) < 4.78 is 0. The summed E-state index contributed by atoms with van der Waals surface area (Å²) >= 11 is 0. The second kappa shape index (κ2) is 12.7. The minimum absolute atomic E-state index is 0.443. The molecule has 166 valence electrons. The van der Waals surface area contributed by atoms with E-state index in [1.165, 1.54) is 22.3 Å². The summed E-state index contributed by atoms with van der Waals surface area (Å²) in [5.74, 6) is 0.886. The highest BCUT2D eigenvalue weighted by Gasteiger charge is 2.19. The normalized spacial score (nSPS) is 11.2. The van der Waals surface area contributed by atoms with E-state index in [1.54, 1.807) is 0 Å². The second-order valence-corrected chi connectivity index (χ2v) is 8.59. The summed E-state index contributed by atoms with van der Waals surface area (Å²) in [5, 5.41) is 21.3. The Bertz CT molecular complexity index is 724. The Kier molecular flexibility index (Phi) is 10.3. The van der Waals surface area contributed by atoms with Gasteiger partial charge >= 0.3 is 0 Å². The number of hydrogen-bond donors (Lipinski definition) is 2. The maximum Gasteiger partial charge on any atom is 0.119 e. The molecule has 0 heterocycles. The minimum atomic E-state index is 0.443. The van der Waals surface area contributed by atoms with Crippen LogP contribution in [0.2, 0.25) is 0 Å². The van der Waals surface area contributed by atoms with Crippen LogP contribution in [0.5, 0.6) is 11.5 Å². The van der Waals surface area contributed by atoms with Crippen LogP contribution in [-0.4, -0.2) is 10.2 Å². The molecule has 0 spiro atoms. The Hall–Kier alpha value is -1.96. The summed E-state index contributed by atoms with van der Waals surface area (Å²) in [4.78, 5) is 0. The van der Waals surface area contributed by atoms with Gasteiger partial charge in [0.2, 0.25) is 0 Å². The Balaban J connectivity index is 2.68. The van der Waals surface area contributed by atoms with Crippen LogP contribution in [0.4, 0.5) is 0 Å². The van der Waals surface area contributed by atoms with E-state index < -0.39 is 0 Å². The molecule has 0 amide bonds. The van der Waals surface area contributed by atoms with E-state index in [4.69, 9.17) is 0 Å². The number of unbranched alkanes of at least 4 members (excludes halogenated alkanes) is 4. The van der Waals surface area contributed by atoms with Gasteiger partial charge in [0.15, 0.2) is 0 Å². The first-order chi connectivity index (χ1) is 14.6. The highest BCUT2D eigenvalue weighted by molar-refractivity contribution is 5.75. The lowest BCUT2D eigenvalue weighted by Crippen LogP contribution is -2.04. The van der Waals surface area contributed by atoms with Crippen molar-refractivity contribution in [1.82, 2.24) is 0 Å². The number of phenols is 2. The average Bonchev–Trinajstić information content (AvgIpc) is 2.75. The molecule has 0 aliphatic carbocycles. The van der Waals surface area contributed by atoms with Crippen molar-refractivity contribution in [1.29, 1.82) is 0 Å². The topological polar surface area (TPSA) is 40.5 Å². The summed E-state index contributed by atoms with van der Waals surface area (Å²) in [6, 6.07) is 8.00. The molecule has 0 aliphatic rings. The Morgan fingerprint density at radius 2 is 0.767 bits per heavy atom. The molecule has 0 aliphatic heterocycles. The van der Waals surface area contributed by atoms with Gasteiger partial charge in [-0.25, -0.2) is 0 Å². The fourth-order valence-corrected chi connectivity index (χ4v) is 4.41. The third-order valence-corrected chi connectivity index (χ3v) is 6.22. The zero-order chi connectivity index (χ0) is 21.9. The van der Waals surface area contributed by atoms with Gasteiger partial charge in [-0.1, -0.05) is 65.5 Å². The quantitative estimate of drug-likeness (QED) is 0.350. The van der Waals surface area contributed by atoms with Gasteiger partial charge in [0, 0.05) is 0 Å². The SMILES string of the molecule is CCCCc1c(O)ccc(-c2ccc(O)c(CCCC)c2CCCC)c1CCCC. The third-order valence-electron chi connectivity index (χ3n) is 6.22. The van der Waals surface area contributed by atoms with Crippen molar-refractivity contribution in [2.45, 2.75) is 105 Å². The predicted octanol–water partition coefficient (Wildman–Crippen LogP) is 8.14. The molecule has 0 aromatic heterocycles. The van der Waals surface area contributed by atoms with Gasteiger partial charge < -0.3 is 10.2 Å². The first-order valence-corrected chi connectivity index (χ1v) is 12.3. The van der Waals surface area contributed by atoms with Crippen molar-refractivity contribution in [3.05, 3.63) is 46.5 Å². The lowest BCUT2D eigenvalue weighted by atomic mass is 9.84. The molecule has 30 heavy (non-hydrogen) atoms. The molecule has 2 heteroatoms. The van der Waals surface area contributed by atoms with Crippen LogP contribution in [0, 0.1) is 0 Å². The second-order valence-electron chi connectivity index (χ2n) is 8.59. The fraction of sp³-hybridized carbons (Fsp3) is 0.571. The maximum absolute atomic E-state index is 10.7. The van der Waals surface area contributed by atoms with Gasteiger partial charge in [-0.2, -0.15) is 0 Å². The number of benzene rings is 2. The molecular weight excluding hydrogens is 368 g/mol. The van der Waals surface area contributed by atoms with E-state index in [9.17, 15) is 10.2 Å². The Labute approximate surface area is 184 Å². The van der Waals surface area contributed by atoms with Crippen molar-refractivity contribution in [3.63, 3.8) is 0 Å². The van der Waals surface area contributed by atoms with Gasteiger partial charge in [0.25, 0.3) is 0 Å². The molecular formula is C28H42O2. The zero-order valence-corrected chi connectivity index (χ0v) is 19.7. The zero-order valence-electron chi connectivity index (χ0n) is 19.7. The van der Waals surface area contributed by atoms with E-state index in [0.717, 1.165) is 88.2 Å². The van der Waals surface area contributed by atoms with Gasteiger partial charge in [0.05, 0.1) is 0 Å². The standard InChI is InChI=1S/C28H42O2/c1-5-9-13-21-23(17-19-27(29)25(21)15-11-7-3)24-18-20-28(30)26(16-12-8-4)22(24)14-10-6-2/h17-20,29-30H,5-16H2,1-4H3. The van der Waals surface area contributed by atoms with Crippen molar-refractivity contribution >= 4 is 0 Å². The van der Waals surface area contributed by atoms with E-state index in [1.807, 2.05) is 12.1 Å². The lowest BCUT2D eigenvalue weighted by molar-refractivity contribution is 0.464. The van der Waals surface area contributed by atoms with Gasteiger partial charge in [-0.05, 0) is 96.9 Å². The molecule has 2 rings (SSSR count). The monoisotopic (exact) mass is 410 g/mol. The van der Waals surface area contributed by atoms with Crippen LogP contribution in [0.25, 0.3) is 11.1 Å². The lowest BCUT2D eigenvalue weighted by Gasteiger charge is -2.21. The van der Waals surface area contributed by atoms with Gasteiger partial charge in [0.1, 0.15) is 11.5 Å². The van der Waals surface area contributed by atoms with Crippen LogP contribution < -0.4 is 0 Å².